The number of rotatable bonds is 2. The van der Waals surface area contributed by atoms with E-state index >= 15 is 0 Å². The Morgan fingerprint density at radius 1 is 1.26 bits per heavy atom. The number of thiocarbonyl (C=S) groups is 1. The highest BCUT2D eigenvalue weighted by Gasteiger charge is 2.31. The molecule has 1 aliphatic heterocycles. The second-order valence-electron chi connectivity index (χ2n) is 4.89. The molecule has 0 aliphatic carbocycles. The first-order valence-corrected chi connectivity index (χ1v) is 7.07. The van der Waals surface area contributed by atoms with Crippen LogP contribution < -0.4 is 5.32 Å². The SMILES string of the molecule is CN1C(=O)/C(=C/c2ccc(-c3cccc(F)c3)o2)C(=O)NC1=S. The standard InChI is InChI=1S/C16H11FN2O3S/c1-19-15(21)12(14(20)18-16(19)23)8-11-5-6-13(22-11)9-3-2-4-10(17)7-9/h2-8H,1H3,(H,18,20,23)/b12-8+. The summed E-state index contributed by atoms with van der Waals surface area (Å²) in [5, 5.41) is 2.47. The molecular formula is C16H11FN2O3S. The van der Waals surface area contributed by atoms with Crippen molar-refractivity contribution in [3.8, 4) is 11.3 Å². The lowest BCUT2D eigenvalue weighted by Gasteiger charge is -2.24. The van der Waals surface area contributed by atoms with Crippen molar-refractivity contribution in [2.75, 3.05) is 7.05 Å². The first-order chi connectivity index (χ1) is 11.0. The van der Waals surface area contributed by atoms with Crippen molar-refractivity contribution in [1.29, 1.82) is 0 Å². The molecule has 2 heterocycles. The van der Waals surface area contributed by atoms with E-state index in [-0.39, 0.29) is 16.5 Å². The normalized spacial score (nSPS) is 16.9. The number of nitrogens with zero attached hydrogens (tertiary/aromatic N) is 1. The minimum absolute atomic E-state index is 0.0528. The Bertz CT molecular complexity index is 857. The van der Waals surface area contributed by atoms with Crippen LogP contribution in [0, 0.1) is 5.82 Å². The van der Waals surface area contributed by atoms with Gasteiger partial charge in [0.05, 0.1) is 0 Å². The first-order valence-electron chi connectivity index (χ1n) is 6.66. The zero-order valence-electron chi connectivity index (χ0n) is 12.0. The van der Waals surface area contributed by atoms with Gasteiger partial charge in [-0.15, -0.1) is 0 Å². The predicted octanol–water partition coefficient (Wildman–Crippen LogP) is 2.34. The van der Waals surface area contributed by atoms with Crippen molar-refractivity contribution in [2.24, 2.45) is 0 Å². The van der Waals surface area contributed by atoms with E-state index in [2.05, 4.69) is 5.32 Å². The molecule has 0 saturated carbocycles. The molecule has 116 valence electrons. The average molecular weight is 330 g/mol. The predicted molar refractivity (Wildman–Crippen MR) is 85.6 cm³/mol. The quantitative estimate of drug-likeness (QED) is 0.522. The molecule has 1 aromatic carbocycles. The van der Waals surface area contributed by atoms with E-state index in [1.54, 1.807) is 24.3 Å². The molecule has 1 aliphatic rings. The number of hydrogen-bond acceptors (Lipinski definition) is 4. The molecule has 2 aromatic rings. The van der Waals surface area contributed by atoms with Crippen LogP contribution in [0.1, 0.15) is 5.76 Å². The smallest absolute Gasteiger partial charge is 0.265 e. The van der Waals surface area contributed by atoms with Gasteiger partial charge in [-0.25, -0.2) is 4.39 Å². The van der Waals surface area contributed by atoms with Crippen LogP contribution in [0.4, 0.5) is 4.39 Å². The lowest BCUT2D eigenvalue weighted by atomic mass is 10.1. The van der Waals surface area contributed by atoms with E-state index in [0.29, 0.717) is 17.1 Å². The molecule has 23 heavy (non-hydrogen) atoms. The molecule has 2 amide bonds. The second kappa shape index (κ2) is 5.77. The zero-order valence-corrected chi connectivity index (χ0v) is 12.8. The molecule has 0 atom stereocenters. The molecule has 1 N–H and O–H groups in total. The highest BCUT2D eigenvalue weighted by molar-refractivity contribution is 7.80. The van der Waals surface area contributed by atoms with Gasteiger partial charge >= 0.3 is 0 Å². The molecule has 7 heteroatoms. The van der Waals surface area contributed by atoms with Gasteiger partial charge in [-0.1, -0.05) is 12.1 Å². The number of hydrogen-bond donors (Lipinski definition) is 1. The van der Waals surface area contributed by atoms with E-state index in [0.717, 1.165) is 0 Å². The van der Waals surface area contributed by atoms with Gasteiger partial charge < -0.3 is 4.42 Å². The van der Waals surface area contributed by atoms with Crippen LogP contribution in [-0.4, -0.2) is 28.9 Å². The van der Waals surface area contributed by atoms with Gasteiger partial charge in [-0.05, 0) is 42.6 Å². The van der Waals surface area contributed by atoms with Crippen molar-refractivity contribution in [3.63, 3.8) is 0 Å². The third-order valence-electron chi connectivity index (χ3n) is 3.33. The fourth-order valence-electron chi connectivity index (χ4n) is 2.12. The number of likely N-dealkylation sites (N-methyl/N-ethyl adjacent to an activating group) is 1. The van der Waals surface area contributed by atoms with Crippen LogP contribution >= 0.6 is 12.2 Å². The number of halogens is 1. The maximum Gasteiger partial charge on any atom is 0.265 e. The highest BCUT2D eigenvalue weighted by atomic mass is 32.1. The average Bonchev–Trinajstić information content (AvgIpc) is 2.98. The summed E-state index contributed by atoms with van der Waals surface area (Å²) >= 11 is 4.87. The lowest BCUT2D eigenvalue weighted by molar-refractivity contribution is -0.128. The van der Waals surface area contributed by atoms with Crippen molar-refractivity contribution < 1.29 is 18.4 Å². The molecule has 1 fully saturated rings. The van der Waals surface area contributed by atoms with Gasteiger partial charge in [0.2, 0.25) is 0 Å². The molecule has 1 aromatic heterocycles. The van der Waals surface area contributed by atoms with Crippen LogP contribution in [0.3, 0.4) is 0 Å². The fourth-order valence-corrected chi connectivity index (χ4v) is 2.29. The summed E-state index contributed by atoms with van der Waals surface area (Å²) in [5.74, 6) is -0.729. The fraction of sp³-hybridized carbons (Fsp3) is 0.0625. The number of carbonyl (C=O) groups excluding carboxylic acids is 2. The Morgan fingerprint density at radius 2 is 2.04 bits per heavy atom. The summed E-state index contributed by atoms with van der Waals surface area (Å²) < 4.78 is 18.8. The molecule has 0 radical (unpaired) electrons. The maximum atomic E-state index is 13.2. The summed E-state index contributed by atoms with van der Waals surface area (Å²) in [6.07, 6.45) is 1.33. The molecule has 0 spiro atoms. The summed E-state index contributed by atoms with van der Waals surface area (Å²) in [4.78, 5) is 25.1. The van der Waals surface area contributed by atoms with E-state index in [1.807, 2.05) is 0 Å². The van der Waals surface area contributed by atoms with Crippen LogP contribution in [0.2, 0.25) is 0 Å². The first kappa shape index (κ1) is 15.1. The Kier molecular flexibility index (Phi) is 3.79. The van der Waals surface area contributed by atoms with Gasteiger partial charge in [0.1, 0.15) is 22.9 Å². The van der Waals surface area contributed by atoms with Crippen molar-refractivity contribution in [3.05, 3.63) is 53.5 Å². The summed E-state index contributed by atoms with van der Waals surface area (Å²) in [7, 11) is 1.47. The van der Waals surface area contributed by atoms with Crippen molar-refractivity contribution in [1.82, 2.24) is 10.2 Å². The van der Waals surface area contributed by atoms with Gasteiger partial charge in [-0.3, -0.25) is 19.8 Å². The van der Waals surface area contributed by atoms with Crippen LogP contribution in [0.5, 0.6) is 0 Å². The number of benzene rings is 1. The zero-order chi connectivity index (χ0) is 16.6. The van der Waals surface area contributed by atoms with E-state index < -0.39 is 11.8 Å². The minimum Gasteiger partial charge on any atom is -0.457 e. The lowest BCUT2D eigenvalue weighted by Crippen LogP contribution is -2.52. The van der Waals surface area contributed by atoms with Crippen LogP contribution in [-0.2, 0) is 9.59 Å². The molecular weight excluding hydrogens is 319 g/mol. The molecule has 0 unspecified atom stereocenters. The number of nitrogens with one attached hydrogen (secondary N) is 1. The third kappa shape index (κ3) is 2.91. The molecule has 3 rings (SSSR count). The molecule has 0 bridgehead atoms. The monoisotopic (exact) mass is 330 g/mol. The Labute approximate surface area is 136 Å². The number of furan rings is 1. The largest absolute Gasteiger partial charge is 0.457 e. The van der Waals surface area contributed by atoms with Crippen molar-refractivity contribution >= 4 is 35.2 Å². The summed E-state index contributed by atoms with van der Waals surface area (Å²) in [6.45, 7) is 0. The Hall–Kier alpha value is -2.80. The van der Waals surface area contributed by atoms with Gasteiger partial charge in [0.25, 0.3) is 11.8 Å². The Balaban J connectivity index is 1.93. The van der Waals surface area contributed by atoms with Gasteiger partial charge in [0.15, 0.2) is 5.11 Å². The van der Waals surface area contributed by atoms with Crippen LogP contribution in [0.15, 0.2) is 46.4 Å². The summed E-state index contributed by atoms with van der Waals surface area (Å²) in [6, 6.07) is 9.17. The molecule has 1 saturated heterocycles. The topological polar surface area (TPSA) is 62.6 Å². The van der Waals surface area contributed by atoms with E-state index in [4.69, 9.17) is 16.6 Å². The second-order valence-corrected chi connectivity index (χ2v) is 5.28. The number of amides is 2. The molecule has 5 nitrogen and oxygen atoms in total. The van der Waals surface area contributed by atoms with Gasteiger partial charge in [0, 0.05) is 12.6 Å². The Morgan fingerprint density at radius 3 is 2.78 bits per heavy atom. The van der Waals surface area contributed by atoms with Gasteiger partial charge in [-0.2, -0.15) is 0 Å². The number of carbonyl (C=O) groups is 2. The van der Waals surface area contributed by atoms with E-state index in [9.17, 15) is 14.0 Å². The summed E-state index contributed by atoms with van der Waals surface area (Å²) in [5.41, 5.74) is 0.480. The maximum absolute atomic E-state index is 13.2. The van der Waals surface area contributed by atoms with E-state index in [1.165, 1.54) is 30.2 Å². The minimum atomic E-state index is -0.582. The van der Waals surface area contributed by atoms with Crippen LogP contribution in [0.25, 0.3) is 17.4 Å². The van der Waals surface area contributed by atoms with Crippen molar-refractivity contribution in [2.45, 2.75) is 0 Å². The highest BCUT2D eigenvalue weighted by Crippen LogP contribution is 2.24. The third-order valence-corrected chi connectivity index (χ3v) is 3.70.